The van der Waals surface area contributed by atoms with E-state index in [0.29, 0.717) is 23.7 Å². The maximum atomic E-state index is 4.93. The summed E-state index contributed by atoms with van der Waals surface area (Å²) in [6.07, 6.45) is 7.03. The van der Waals surface area contributed by atoms with Crippen LogP contribution in [0.4, 0.5) is 0 Å². The smallest absolute Gasteiger partial charge is 0.0920 e. The molecule has 4 heteroatoms. The first-order valence-electron chi connectivity index (χ1n) is 24.5. The number of hydrogen-bond donors (Lipinski definition) is 0. The van der Waals surface area contributed by atoms with E-state index in [1.807, 2.05) is 6.07 Å². The standard InChI is InChI=1S/2C25H31.C12H7Si.2ClH.Zr/c2*1-6-10-19-13-14-20-15-21(18(5)7-2)16-24(20)25(19)23-12-9-8-11-22(23)17(3)4;1-3-7-11-9(5-1)10-6-2-4-8-12(10)13-11;;;/h2*8-9,11-18H,6-7,10H2,1-5H3;1-7H;2*1H;/q3*-1;;;+2/p-2. The van der Waals surface area contributed by atoms with Crippen LogP contribution in [0, 0.1) is 6.07 Å². The summed E-state index contributed by atoms with van der Waals surface area (Å²) in [5.41, 5.74) is 17.4. The zero-order chi connectivity index (χ0) is 47.3. The quantitative estimate of drug-likeness (QED) is 0.0845. The summed E-state index contributed by atoms with van der Waals surface area (Å²) >= 11 is -0.826. The summed E-state index contributed by atoms with van der Waals surface area (Å²) in [6.45, 7) is 23.0. The molecule has 342 valence electrons. The normalized spacial score (nSPS) is 12.4. The number of hydrogen-bond acceptors (Lipinski definition) is 0. The second kappa shape index (κ2) is 25.0. The van der Waals surface area contributed by atoms with Crippen molar-refractivity contribution in [2.24, 2.45) is 0 Å². The Hall–Kier alpha value is -3.78. The molecule has 0 saturated carbocycles. The monoisotopic (exact) mass is 1000 g/mol. The summed E-state index contributed by atoms with van der Waals surface area (Å²) in [5.74, 6) is 2.31. The van der Waals surface area contributed by atoms with Crippen LogP contribution in [0.3, 0.4) is 0 Å². The molecule has 0 spiro atoms. The van der Waals surface area contributed by atoms with Gasteiger partial charge in [-0.1, -0.05) is 201 Å². The molecular weight excluding hydrogens is 935 g/mol. The van der Waals surface area contributed by atoms with Crippen LogP contribution in [0.1, 0.15) is 152 Å². The molecule has 1 aliphatic rings. The maximum Gasteiger partial charge on any atom is 0.0920 e. The average Bonchev–Trinajstić information content (AvgIpc) is 4.08. The SMILES string of the molecule is CCCc1ccc2[cH-]c(C(C)CC)cc2c1-c1ccccc1C(C)C.CCCc1ccc2[cH-]c(C(C)CC)cc2c1-c1ccccc1C(C)C.[Cl][Zr][Cl].[c-]1cccc2c1[Si]c1ccccc1-2. The number of aryl methyl sites for hydroxylation is 2. The van der Waals surface area contributed by atoms with Crippen LogP contribution >= 0.6 is 17.0 Å². The van der Waals surface area contributed by atoms with Gasteiger partial charge >= 0.3 is 37.9 Å². The van der Waals surface area contributed by atoms with Gasteiger partial charge in [0.15, 0.2) is 0 Å². The van der Waals surface area contributed by atoms with Gasteiger partial charge in [0.25, 0.3) is 0 Å². The summed E-state index contributed by atoms with van der Waals surface area (Å²) in [7, 11) is 10.7. The minimum Gasteiger partial charge on any atom is -0.184 e. The Morgan fingerprint density at radius 1 is 0.530 bits per heavy atom. The first kappa shape index (κ1) is 51.6. The number of fused-ring (bicyclic) bond motifs is 5. The molecule has 1 heterocycles. The van der Waals surface area contributed by atoms with Crippen LogP contribution in [0.25, 0.3) is 54.9 Å². The Morgan fingerprint density at radius 3 is 1.39 bits per heavy atom. The Morgan fingerprint density at radius 2 is 0.955 bits per heavy atom. The Labute approximate surface area is 419 Å². The Bertz CT molecular complexity index is 2600. The van der Waals surface area contributed by atoms with Crippen molar-refractivity contribution in [2.45, 2.75) is 131 Å². The molecule has 0 N–H and O–H groups in total. The molecule has 0 bridgehead atoms. The molecule has 2 radical (unpaired) electrons. The van der Waals surface area contributed by atoms with Gasteiger partial charge in [-0.15, -0.1) is 74.6 Å². The van der Waals surface area contributed by atoms with E-state index in [0.717, 1.165) is 22.4 Å². The second-order valence-corrected chi connectivity index (χ2v) is 23.6. The van der Waals surface area contributed by atoms with E-state index in [2.05, 4.69) is 209 Å². The van der Waals surface area contributed by atoms with Gasteiger partial charge in [0.1, 0.15) is 0 Å². The molecule has 2 atom stereocenters. The molecule has 8 aromatic carbocycles. The zero-order valence-corrected chi connectivity index (χ0v) is 46.1. The topological polar surface area (TPSA) is 0 Å². The molecule has 0 fully saturated rings. The fourth-order valence-corrected chi connectivity index (χ4v) is 10.8. The maximum absolute atomic E-state index is 4.93. The summed E-state index contributed by atoms with van der Waals surface area (Å²) < 4.78 is 0. The van der Waals surface area contributed by atoms with Gasteiger partial charge in [-0.05, 0) is 58.8 Å². The van der Waals surface area contributed by atoms with Crippen molar-refractivity contribution in [3.8, 4) is 33.4 Å². The molecule has 0 aromatic heterocycles. The first-order chi connectivity index (χ1) is 32.0. The van der Waals surface area contributed by atoms with Crippen molar-refractivity contribution in [3.63, 3.8) is 0 Å². The third-order valence-corrected chi connectivity index (χ3v) is 14.8. The second-order valence-electron chi connectivity index (χ2n) is 18.6. The van der Waals surface area contributed by atoms with Crippen LogP contribution in [0.15, 0.2) is 140 Å². The van der Waals surface area contributed by atoms with Gasteiger partial charge in [0.05, 0.1) is 9.52 Å². The molecule has 0 aliphatic carbocycles. The predicted octanol–water partition coefficient (Wildman–Crippen LogP) is 18.1. The van der Waals surface area contributed by atoms with Gasteiger partial charge < -0.3 is 0 Å². The van der Waals surface area contributed by atoms with Gasteiger partial charge in [0, 0.05) is 0 Å². The van der Waals surface area contributed by atoms with Crippen molar-refractivity contribution in [1.29, 1.82) is 0 Å². The molecular formula is C62H69Cl2SiZr-3. The summed E-state index contributed by atoms with van der Waals surface area (Å²) in [4.78, 5) is 0. The third-order valence-electron chi connectivity index (χ3n) is 13.4. The van der Waals surface area contributed by atoms with Crippen LogP contribution in [0.5, 0.6) is 0 Å². The van der Waals surface area contributed by atoms with E-state index >= 15 is 0 Å². The molecule has 0 nitrogen and oxygen atoms in total. The number of benzene rings is 6. The minimum absolute atomic E-state index is 0.532. The van der Waals surface area contributed by atoms with E-state index in [9.17, 15) is 0 Å². The molecule has 8 aromatic rings. The van der Waals surface area contributed by atoms with Crippen molar-refractivity contribution >= 4 is 58.5 Å². The van der Waals surface area contributed by atoms with E-state index in [4.69, 9.17) is 17.0 Å². The molecule has 0 saturated heterocycles. The van der Waals surface area contributed by atoms with Crippen molar-refractivity contribution in [1.82, 2.24) is 0 Å². The van der Waals surface area contributed by atoms with Gasteiger partial charge in [-0.2, -0.15) is 41.6 Å². The number of halogens is 2. The molecule has 9 rings (SSSR count). The molecule has 66 heavy (non-hydrogen) atoms. The first-order valence-corrected chi connectivity index (χ1v) is 31.8. The van der Waals surface area contributed by atoms with Crippen LogP contribution < -0.4 is 10.4 Å². The van der Waals surface area contributed by atoms with Crippen molar-refractivity contribution in [3.05, 3.63) is 179 Å². The minimum atomic E-state index is -0.826. The van der Waals surface area contributed by atoms with Crippen LogP contribution in [-0.4, -0.2) is 9.52 Å². The van der Waals surface area contributed by atoms with E-state index < -0.39 is 20.8 Å². The predicted molar refractivity (Wildman–Crippen MR) is 291 cm³/mol. The fraction of sp³-hybridized carbons (Fsp3) is 0.323. The van der Waals surface area contributed by atoms with E-state index in [-0.39, 0.29) is 0 Å². The Balaban J connectivity index is 0.000000166. The van der Waals surface area contributed by atoms with Crippen molar-refractivity contribution < 1.29 is 20.8 Å². The largest absolute Gasteiger partial charge is 0.184 e. The van der Waals surface area contributed by atoms with Crippen molar-refractivity contribution in [2.75, 3.05) is 0 Å². The average molecular weight is 1000 g/mol. The van der Waals surface area contributed by atoms with Gasteiger partial charge in [-0.25, -0.2) is 0 Å². The molecule has 1 aliphatic heterocycles. The fourth-order valence-electron chi connectivity index (χ4n) is 9.51. The zero-order valence-electron chi connectivity index (χ0n) is 41.1. The molecule has 0 amide bonds. The van der Waals surface area contributed by atoms with Gasteiger partial charge in [-0.3, -0.25) is 0 Å². The molecule has 2 unspecified atom stereocenters. The van der Waals surface area contributed by atoms with E-state index in [1.165, 1.54) is 124 Å². The third kappa shape index (κ3) is 12.1. The van der Waals surface area contributed by atoms with Crippen LogP contribution in [-0.2, 0) is 33.7 Å². The Kier molecular flexibility index (Phi) is 19.6. The summed E-state index contributed by atoms with van der Waals surface area (Å²) in [6, 6.07) is 55.2. The van der Waals surface area contributed by atoms with Crippen LogP contribution in [0.2, 0.25) is 0 Å². The summed E-state index contributed by atoms with van der Waals surface area (Å²) in [5, 5.41) is 8.49. The van der Waals surface area contributed by atoms with E-state index in [1.54, 1.807) is 0 Å². The number of rotatable bonds is 12. The van der Waals surface area contributed by atoms with Gasteiger partial charge in [0.2, 0.25) is 0 Å².